The van der Waals surface area contributed by atoms with E-state index in [1.54, 1.807) is 69.3 Å². The van der Waals surface area contributed by atoms with Gasteiger partial charge in [-0.05, 0) is 103 Å². The summed E-state index contributed by atoms with van der Waals surface area (Å²) in [6, 6.07) is 27.4. The highest BCUT2D eigenvalue weighted by molar-refractivity contribution is 6.99. The number of carbonyl (C=O) groups is 1. The van der Waals surface area contributed by atoms with E-state index in [0.29, 0.717) is 22.6 Å². The summed E-state index contributed by atoms with van der Waals surface area (Å²) < 4.78 is 200. The van der Waals surface area contributed by atoms with Crippen molar-refractivity contribution in [3.8, 4) is 34.6 Å². The maximum Gasteiger partial charge on any atom is 0.427 e. The minimum absolute atomic E-state index is 0.0267. The number of ether oxygens (including phenoxy) is 5. The first kappa shape index (κ1) is 62.7. The fraction of sp³-hybridized carbons (Fsp3) is 0.415. The topological polar surface area (TPSA) is 121 Å². The molecule has 89 heavy (non-hydrogen) atoms. The molecular formula is C65H66F10N6O7Si. The lowest BCUT2D eigenvalue weighted by atomic mass is 9.95. The zero-order chi connectivity index (χ0) is 64.0. The molecule has 4 aliphatic rings. The second-order valence-corrected chi connectivity index (χ2v) is 29.6. The van der Waals surface area contributed by atoms with Crippen LogP contribution >= 0.6 is 0 Å². The van der Waals surface area contributed by atoms with Crippen LogP contribution in [0.15, 0.2) is 115 Å². The Labute approximate surface area is 509 Å². The van der Waals surface area contributed by atoms with Crippen molar-refractivity contribution in [3.05, 3.63) is 149 Å². The molecule has 2 bridgehead atoms. The van der Waals surface area contributed by atoms with Gasteiger partial charge in [0, 0.05) is 38.2 Å². The van der Waals surface area contributed by atoms with Crippen molar-refractivity contribution >= 4 is 47.2 Å². The third-order valence-electron chi connectivity index (χ3n) is 17.3. The van der Waals surface area contributed by atoms with E-state index in [1.807, 2.05) is 81.4 Å². The molecule has 1 saturated carbocycles. The van der Waals surface area contributed by atoms with Crippen LogP contribution < -0.4 is 39.1 Å². The first-order valence-electron chi connectivity index (χ1n) is 29.0. The minimum atomic E-state index is -5.47. The zero-order valence-corrected chi connectivity index (χ0v) is 51.3. The molecule has 472 valence electrons. The highest BCUT2D eigenvalue weighted by Gasteiger charge is 2.73. The molecule has 13 nitrogen and oxygen atoms in total. The van der Waals surface area contributed by atoms with Gasteiger partial charge in [0.25, 0.3) is 14.2 Å². The molecule has 1 unspecified atom stereocenters. The lowest BCUT2D eigenvalue weighted by Gasteiger charge is -2.48. The van der Waals surface area contributed by atoms with E-state index < -0.39 is 167 Å². The van der Waals surface area contributed by atoms with Gasteiger partial charge in [0.15, 0.2) is 5.82 Å². The first-order valence-corrected chi connectivity index (χ1v) is 30.9. The number of amides is 1. The number of carbonyl (C=O) groups excluding carboxylic acids is 1. The summed E-state index contributed by atoms with van der Waals surface area (Å²) >= 11 is 0. The van der Waals surface area contributed by atoms with Crippen molar-refractivity contribution in [1.82, 2.24) is 19.9 Å². The van der Waals surface area contributed by atoms with Crippen LogP contribution in [0.3, 0.4) is 0 Å². The quantitative estimate of drug-likeness (QED) is 0.0676. The maximum atomic E-state index is 18.5. The zero-order valence-electron chi connectivity index (χ0n) is 50.3. The second-order valence-electron chi connectivity index (χ2n) is 25.3. The third-order valence-corrected chi connectivity index (χ3v) is 22.2. The Morgan fingerprint density at radius 3 is 1.81 bits per heavy atom. The summed E-state index contributed by atoms with van der Waals surface area (Å²) in [5.41, 5.74) is -8.66. The number of pyridine rings is 1. The molecule has 0 radical (unpaired) electrons. The maximum absolute atomic E-state index is 18.5. The normalized spacial score (nSPS) is 20.6. The van der Waals surface area contributed by atoms with E-state index in [2.05, 4.69) is 15.0 Å². The van der Waals surface area contributed by atoms with Crippen molar-refractivity contribution in [1.29, 1.82) is 0 Å². The Morgan fingerprint density at radius 1 is 0.753 bits per heavy atom. The number of rotatable bonds is 16. The first-order chi connectivity index (χ1) is 41.9. The van der Waals surface area contributed by atoms with Crippen LogP contribution in [0.1, 0.15) is 83.1 Å². The predicted molar refractivity (Wildman–Crippen MR) is 316 cm³/mol. The highest BCUT2D eigenvalue weighted by Crippen LogP contribution is 2.61. The monoisotopic (exact) mass is 1260 g/mol. The van der Waals surface area contributed by atoms with Crippen molar-refractivity contribution in [2.24, 2.45) is 5.41 Å². The SMILES string of the molecule is COc1ccc(CN(Cc2ccc(OC)cc2)c2cc(-c3nc4c5c(nc(OCC6(CO[Si](c7ccccc7)(c7ccccc7)C(C)(C)C)CC6(F)F)nc5c3F)N3C[C@H]5CC[C@@H]([C@H]3[C@H](C(F)(F)F)O4)N5C(=O)OC(C)(C)C)c(C(F)(F)F)c(C)c2F)cc1. The summed E-state index contributed by atoms with van der Waals surface area (Å²) in [5, 5.41) is 0.287. The van der Waals surface area contributed by atoms with Gasteiger partial charge in [0.05, 0.1) is 49.0 Å². The molecule has 2 saturated heterocycles. The highest BCUT2D eigenvalue weighted by atomic mass is 28.4. The van der Waals surface area contributed by atoms with Gasteiger partial charge in [-0.3, -0.25) is 4.90 Å². The van der Waals surface area contributed by atoms with E-state index in [1.165, 1.54) is 28.9 Å². The summed E-state index contributed by atoms with van der Waals surface area (Å²) in [5.74, 6) is -7.07. The number of benzene rings is 5. The molecule has 1 amide bonds. The Kier molecular flexibility index (Phi) is 16.1. The van der Waals surface area contributed by atoms with Crippen molar-refractivity contribution in [2.75, 3.05) is 43.8 Å². The molecule has 3 aliphatic heterocycles. The van der Waals surface area contributed by atoms with Crippen molar-refractivity contribution in [2.45, 2.75) is 134 Å². The van der Waals surface area contributed by atoms with Crippen LogP contribution in [0.25, 0.3) is 22.2 Å². The van der Waals surface area contributed by atoms with Crippen LogP contribution in [0.5, 0.6) is 23.4 Å². The summed E-state index contributed by atoms with van der Waals surface area (Å²) in [7, 11) is -0.594. The fourth-order valence-corrected chi connectivity index (χ4v) is 17.5. The van der Waals surface area contributed by atoms with Gasteiger partial charge in [0.1, 0.15) is 51.9 Å². The number of methoxy groups -OCH3 is 2. The van der Waals surface area contributed by atoms with Crippen molar-refractivity contribution in [3.63, 3.8) is 0 Å². The molecule has 0 spiro atoms. The average Bonchev–Trinajstić information content (AvgIpc) is 1.68. The molecule has 11 rings (SSSR count). The number of fused-ring (bicyclic) bond motifs is 5. The Bertz CT molecular complexity index is 3690. The van der Waals surface area contributed by atoms with E-state index in [0.717, 1.165) is 23.4 Å². The molecule has 0 N–H and O–H groups in total. The third kappa shape index (κ3) is 11.6. The van der Waals surface area contributed by atoms with E-state index in [-0.39, 0.29) is 25.9 Å². The van der Waals surface area contributed by atoms with Gasteiger partial charge in [-0.25, -0.2) is 27.3 Å². The number of alkyl halides is 8. The molecule has 3 fully saturated rings. The second kappa shape index (κ2) is 22.9. The minimum Gasteiger partial charge on any atom is -0.497 e. The molecule has 5 atom stereocenters. The number of piperazine rings is 1. The van der Waals surface area contributed by atoms with Crippen molar-refractivity contribution < 1.29 is 76.8 Å². The van der Waals surface area contributed by atoms with Gasteiger partial charge in [-0.15, -0.1) is 0 Å². The van der Waals surface area contributed by atoms with Gasteiger partial charge < -0.3 is 37.9 Å². The van der Waals surface area contributed by atoms with Crippen LogP contribution in [0.4, 0.5) is 60.2 Å². The van der Waals surface area contributed by atoms with Crippen LogP contribution in [-0.2, 0) is 28.4 Å². The lowest BCUT2D eigenvalue weighted by molar-refractivity contribution is -0.206. The molecule has 5 heterocycles. The lowest BCUT2D eigenvalue weighted by Crippen LogP contribution is -2.68. The number of hydrogen-bond donors (Lipinski definition) is 0. The van der Waals surface area contributed by atoms with Gasteiger partial charge in [0.2, 0.25) is 12.0 Å². The van der Waals surface area contributed by atoms with Crippen LogP contribution in [0, 0.1) is 24.0 Å². The average molecular weight is 1260 g/mol. The van der Waals surface area contributed by atoms with Gasteiger partial charge in [-0.1, -0.05) is 106 Å². The fourth-order valence-electron chi connectivity index (χ4n) is 12.9. The smallest absolute Gasteiger partial charge is 0.427 e. The molecule has 2 aromatic heterocycles. The van der Waals surface area contributed by atoms with E-state index >= 15 is 43.9 Å². The molecular weight excluding hydrogens is 1190 g/mol. The van der Waals surface area contributed by atoms with E-state index in [4.69, 9.17) is 28.1 Å². The standard InChI is InChI=1S/C65H66F10N6O7Si/c1-37-49(64(70,71)72)45(30-47(50(37)66)79(31-38-20-25-41(83-8)26-21-38)32-39-22-27-42(84-9)28-23-39)52-51(67)53-48-56(80-33-40-24-29-46(81(40)59(82)88-60(2,3)4)54(80)55(65(73,74)75)87-57(48)76-52)78-58(77-53)85-35-62(34-63(62,68)69)36-86-89(61(5,6)7,43-16-12-10-13-17-43)44-18-14-11-15-19-44/h10-23,25-28,30,40,46,54-55H,24,29,31-36H2,1-9H3/t40-,46+,54+,55-,62?/m1/s1. The predicted octanol–water partition coefficient (Wildman–Crippen LogP) is 13.8. The largest absolute Gasteiger partial charge is 0.497 e. The number of halogens is 10. The Morgan fingerprint density at radius 2 is 1.31 bits per heavy atom. The van der Waals surface area contributed by atoms with Crippen LogP contribution in [-0.4, -0.2) is 110 Å². The molecule has 24 heteroatoms. The van der Waals surface area contributed by atoms with Crippen LogP contribution in [0.2, 0.25) is 5.04 Å². The van der Waals surface area contributed by atoms with Gasteiger partial charge >= 0.3 is 24.5 Å². The number of anilines is 2. The molecule has 7 aromatic rings. The molecule has 1 aliphatic carbocycles. The summed E-state index contributed by atoms with van der Waals surface area (Å²) in [6.07, 6.45) is -15.3. The molecule has 5 aromatic carbocycles. The Hall–Kier alpha value is -7.86. The summed E-state index contributed by atoms with van der Waals surface area (Å²) in [6.45, 7) is 9.28. The summed E-state index contributed by atoms with van der Waals surface area (Å²) in [4.78, 5) is 30.9. The number of hydrogen-bond acceptors (Lipinski definition) is 12. The number of aromatic nitrogens is 3. The van der Waals surface area contributed by atoms with E-state index in [9.17, 15) is 4.79 Å². The number of nitrogens with zero attached hydrogens (tertiary/aromatic N) is 6. The van der Waals surface area contributed by atoms with Gasteiger partial charge in [-0.2, -0.15) is 36.3 Å². The Balaban J connectivity index is 1.09.